The first-order valence-corrected chi connectivity index (χ1v) is 17.2. The first kappa shape index (κ1) is 32.3. The van der Waals surface area contributed by atoms with Crippen LogP contribution in [0.2, 0.25) is 0 Å². The molecule has 7 rings (SSSR count). The molecule has 2 aromatic carbocycles. The van der Waals surface area contributed by atoms with Gasteiger partial charge in [0, 0.05) is 72.9 Å². The Bertz CT molecular complexity index is 1820. The molecule has 8 N–H and O–H groups in total. The highest BCUT2D eigenvalue weighted by Crippen LogP contribution is 2.40. The highest BCUT2D eigenvalue weighted by molar-refractivity contribution is 6.02. The molecule has 1 unspecified atom stereocenters. The summed E-state index contributed by atoms with van der Waals surface area (Å²) in [5.41, 5.74) is 24.2. The van der Waals surface area contributed by atoms with Crippen LogP contribution >= 0.6 is 0 Å². The van der Waals surface area contributed by atoms with Crippen molar-refractivity contribution >= 4 is 34.5 Å². The molecule has 0 bridgehead atoms. The maximum absolute atomic E-state index is 12.7. The number of nitrogens with two attached hydrogens (primary N) is 3. The van der Waals surface area contributed by atoms with Crippen molar-refractivity contribution in [3.05, 3.63) is 95.7 Å². The number of carbonyl (C=O) groups excluding carboxylic acids is 2. The number of imide groups is 1. The van der Waals surface area contributed by atoms with Gasteiger partial charge < -0.3 is 32.1 Å². The number of likely N-dealkylation sites (tertiary alicyclic amines) is 1. The van der Waals surface area contributed by atoms with E-state index in [1.165, 1.54) is 5.70 Å². The molecule has 0 spiro atoms. The third-order valence-corrected chi connectivity index (χ3v) is 10.5. The number of fused-ring (bicyclic) bond motifs is 1. The topological polar surface area (TPSA) is 172 Å². The number of aromatic nitrogens is 2. The maximum atomic E-state index is 12.7. The summed E-state index contributed by atoms with van der Waals surface area (Å²) in [6.45, 7) is 3.56. The van der Waals surface area contributed by atoms with E-state index in [4.69, 9.17) is 17.2 Å². The molecule has 4 heterocycles. The summed E-state index contributed by atoms with van der Waals surface area (Å²) in [6.07, 6.45) is 13.9. The lowest BCUT2D eigenvalue weighted by Crippen LogP contribution is -2.56. The highest BCUT2D eigenvalue weighted by atomic mass is 16.3. The molecule has 49 heavy (non-hydrogen) atoms. The minimum Gasteiger partial charge on any atom is -0.507 e. The molecule has 256 valence electrons. The van der Waals surface area contributed by atoms with E-state index in [1.54, 1.807) is 30.5 Å². The Balaban J connectivity index is 0.967. The van der Waals surface area contributed by atoms with Gasteiger partial charge in [0.2, 0.25) is 11.8 Å². The zero-order valence-corrected chi connectivity index (χ0v) is 27.7. The zero-order chi connectivity index (χ0) is 34.1. The number of aromatic hydroxyl groups is 1. The molecule has 1 aliphatic carbocycles. The van der Waals surface area contributed by atoms with Gasteiger partial charge in [0.1, 0.15) is 17.6 Å². The van der Waals surface area contributed by atoms with Crippen molar-refractivity contribution in [3.8, 4) is 5.75 Å². The van der Waals surface area contributed by atoms with Gasteiger partial charge in [-0.2, -0.15) is 5.10 Å². The van der Waals surface area contributed by atoms with E-state index in [0.717, 1.165) is 75.2 Å². The monoisotopic (exact) mass is 663 g/mol. The van der Waals surface area contributed by atoms with E-state index in [2.05, 4.69) is 49.4 Å². The smallest absolute Gasteiger partial charge is 0.249 e. The largest absolute Gasteiger partial charge is 0.507 e. The fraction of sp³-hybridized carbons (Fsp3) is 0.378. The Kier molecular flexibility index (Phi) is 9.05. The molecular weight excluding hydrogens is 618 g/mol. The molecule has 0 saturated carbocycles. The number of anilines is 2. The van der Waals surface area contributed by atoms with Gasteiger partial charge in [0.15, 0.2) is 0 Å². The van der Waals surface area contributed by atoms with Crippen LogP contribution in [0, 0.1) is 0 Å². The van der Waals surface area contributed by atoms with Crippen LogP contribution in [-0.2, 0) is 9.59 Å². The Hall–Kier alpha value is -5.23. The SMILES string of the molecule is NC(N)=C(/C=C(\N)c1ccccc1O)c1cnn(C2CCN([C@H]3CC=C(N4CCN(C5CCC(=O)NC5=O)c5ccccc54)CC3)CC2)c1. The number of allylic oxidation sites excluding steroid dienone is 3. The predicted molar refractivity (Wildman–Crippen MR) is 191 cm³/mol. The lowest BCUT2D eigenvalue weighted by molar-refractivity contribution is -0.134. The number of hydrogen-bond acceptors (Lipinski definition) is 10. The molecule has 2 saturated heterocycles. The lowest BCUT2D eigenvalue weighted by atomic mass is 9.93. The van der Waals surface area contributed by atoms with E-state index in [1.807, 2.05) is 23.0 Å². The first-order chi connectivity index (χ1) is 23.8. The van der Waals surface area contributed by atoms with Gasteiger partial charge in [-0.3, -0.25) is 24.5 Å². The number of phenols is 1. The van der Waals surface area contributed by atoms with Gasteiger partial charge in [0.05, 0.1) is 23.6 Å². The van der Waals surface area contributed by atoms with Crippen LogP contribution in [0.1, 0.15) is 62.1 Å². The maximum Gasteiger partial charge on any atom is 0.249 e. The summed E-state index contributed by atoms with van der Waals surface area (Å²) in [4.78, 5) is 31.7. The van der Waals surface area contributed by atoms with E-state index >= 15 is 0 Å². The second-order valence-electron chi connectivity index (χ2n) is 13.4. The van der Waals surface area contributed by atoms with Crippen LogP contribution in [0.5, 0.6) is 5.75 Å². The van der Waals surface area contributed by atoms with E-state index < -0.39 is 0 Å². The third kappa shape index (κ3) is 6.60. The van der Waals surface area contributed by atoms with Crippen molar-refractivity contribution in [2.75, 3.05) is 36.0 Å². The fourth-order valence-corrected chi connectivity index (χ4v) is 7.85. The molecule has 2 fully saturated rings. The third-order valence-electron chi connectivity index (χ3n) is 10.5. The standard InChI is InChI=1S/C37H45N9O3/c38-30(28-5-1-4-8-34(28)47)21-29(36(39)40)24-22-41-46(23-24)27-15-17-43(18-16-27)25-9-11-26(12-10-25)44-19-20-45(32-7-3-2-6-31(32)44)33-13-14-35(48)42-37(33)49/h1-8,11,21-23,25,27,33,47H,9-10,12-20,38-40H2,(H,42,48,49)/b30-21-/t25-,33?/m0/s1. The number of piperidine rings is 2. The highest BCUT2D eigenvalue weighted by Gasteiger charge is 2.37. The van der Waals surface area contributed by atoms with Crippen LogP contribution < -0.4 is 32.3 Å². The molecule has 4 aliphatic rings. The van der Waals surface area contributed by atoms with Crippen LogP contribution in [0.3, 0.4) is 0 Å². The molecule has 12 nitrogen and oxygen atoms in total. The minimum absolute atomic E-state index is 0.0912. The van der Waals surface area contributed by atoms with Crippen LogP contribution in [0.25, 0.3) is 11.3 Å². The van der Waals surface area contributed by atoms with Crippen molar-refractivity contribution in [2.24, 2.45) is 17.2 Å². The number of carbonyl (C=O) groups is 2. The molecule has 12 heteroatoms. The molecule has 2 amide bonds. The molecule has 3 aliphatic heterocycles. The van der Waals surface area contributed by atoms with Crippen LogP contribution in [0.4, 0.5) is 11.4 Å². The van der Waals surface area contributed by atoms with Crippen molar-refractivity contribution in [2.45, 2.75) is 63.1 Å². The van der Waals surface area contributed by atoms with Gasteiger partial charge in [-0.1, -0.05) is 30.3 Å². The molecule has 1 aromatic heterocycles. The van der Waals surface area contributed by atoms with Gasteiger partial charge in [0.25, 0.3) is 0 Å². The quantitative estimate of drug-likeness (QED) is 0.186. The first-order valence-electron chi connectivity index (χ1n) is 17.2. The Morgan fingerprint density at radius 3 is 2.35 bits per heavy atom. The summed E-state index contributed by atoms with van der Waals surface area (Å²) in [6, 6.07) is 15.7. The summed E-state index contributed by atoms with van der Waals surface area (Å²) in [5.74, 6) is -0.150. The number of nitrogens with one attached hydrogen (secondary N) is 1. The second kappa shape index (κ2) is 13.7. The summed E-state index contributed by atoms with van der Waals surface area (Å²) >= 11 is 0. The van der Waals surface area contributed by atoms with Crippen molar-refractivity contribution in [1.29, 1.82) is 0 Å². The number of rotatable bonds is 7. The number of hydrogen-bond donors (Lipinski definition) is 5. The number of benzene rings is 2. The predicted octanol–water partition coefficient (Wildman–Crippen LogP) is 3.38. The average molecular weight is 664 g/mol. The molecule has 3 aromatic rings. The van der Waals surface area contributed by atoms with Crippen LogP contribution in [-0.4, -0.2) is 69.9 Å². The van der Waals surface area contributed by atoms with Crippen LogP contribution in [0.15, 0.2) is 84.6 Å². The summed E-state index contributed by atoms with van der Waals surface area (Å²) in [5, 5.41) is 17.4. The van der Waals surface area contributed by atoms with Crippen molar-refractivity contribution < 1.29 is 14.7 Å². The van der Waals surface area contributed by atoms with Gasteiger partial charge in [-0.15, -0.1) is 0 Å². The van der Waals surface area contributed by atoms with Gasteiger partial charge in [-0.25, -0.2) is 0 Å². The molecular formula is C37H45N9O3. The number of para-hydroxylation sites is 3. The molecule has 0 radical (unpaired) electrons. The van der Waals surface area contributed by atoms with E-state index in [-0.39, 0.29) is 35.5 Å². The van der Waals surface area contributed by atoms with Gasteiger partial charge >= 0.3 is 0 Å². The Labute approximate surface area is 286 Å². The summed E-state index contributed by atoms with van der Waals surface area (Å²) in [7, 11) is 0. The van der Waals surface area contributed by atoms with Crippen molar-refractivity contribution in [1.82, 2.24) is 20.0 Å². The lowest BCUT2D eigenvalue weighted by Gasteiger charge is -2.45. The minimum atomic E-state index is -0.315. The Morgan fingerprint density at radius 2 is 1.63 bits per heavy atom. The number of amides is 2. The normalized spacial score (nSPS) is 22.4. The fourth-order valence-electron chi connectivity index (χ4n) is 7.85. The Morgan fingerprint density at radius 1 is 0.878 bits per heavy atom. The van der Waals surface area contributed by atoms with Gasteiger partial charge in [-0.05, 0) is 68.9 Å². The van der Waals surface area contributed by atoms with E-state index in [0.29, 0.717) is 35.7 Å². The van der Waals surface area contributed by atoms with E-state index in [9.17, 15) is 14.7 Å². The summed E-state index contributed by atoms with van der Waals surface area (Å²) < 4.78 is 2.02. The molecule has 2 atom stereocenters. The van der Waals surface area contributed by atoms with Crippen molar-refractivity contribution in [3.63, 3.8) is 0 Å². The average Bonchev–Trinajstić information content (AvgIpc) is 3.60. The number of nitrogens with zero attached hydrogens (tertiary/aromatic N) is 5. The second-order valence-corrected chi connectivity index (χ2v) is 13.4. The zero-order valence-electron chi connectivity index (χ0n) is 27.7. The number of phenolic OH excluding ortho intramolecular Hbond substituents is 1.